The van der Waals surface area contributed by atoms with Gasteiger partial charge >= 0.3 is 10.4 Å². The van der Waals surface area contributed by atoms with Crippen LogP contribution in [-0.4, -0.2) is 141 Å². The second-order valence-electron chi connectivity index (χ2n) is 13.9. The quantitative estimate of drug-likeness (QED) is 0.0794. The van der Waals surface area contributed by atoms with Gasteiger partial charge in [-0.25, -0.2) is 18.4 Å². The van der Waals surface area contributed by atoms with Crippen molar-refractivity contribution in [2.75, 3.05) is 80.9 Å². The number of aryl methyl sites for hydroxylation is 2. The van der Waals surface area contributed by atoms with E-state index in [1.54, 1.807) is 0 Å². The number of nitro groups is 4. The van der Waals surface area contributed by atoms with Gasteiger partial charge in [-0.15, -0.1) is 0 Å². The zero-order chi connectivity index (χ0) is 46.1. The molecule has 3 saturated heterocycles. The molecule has 61 heavy (non-hydrogen) atoms. The van der Waals surface area contributed by atoms with Gasteiger partial charge in [0.2, 0.25) is 10.4 Å². The maximum atomic E-state index is 11.1. The summed E-state index contributed by atoms with van der Waals surface area (Å²) in [6, 6.07) is 1.99. The second-order valence-corrected chi connectivity index (χ2v) is 16.6. The Hall–Kier alpha value is -4.48. The highest BCUT2D eigenvalue weighted by Crippen LogP contribution is 2.25. The van der Waals surface area contributed by atoms with E-state index in [9.17, 15) is 61.8 Å². The number of pyridine rings is 2. The van der Waals surface area contributed by atoms with E-state index in [1.807, 2.05) is 0 Å². The third kappa shape index (κ3) is 23.4. The highest BCUT2D eigenvalue weighted by atomic mass is 32.3. The largest absolute Gasteiger partial charge is 0.726 e. The van der Waals surface area contributed by atoms with E-state index >= 15 is 0 Å². The minimum absolute atomic E-state index is 0.254. The zero-order valence-electron chi connectivity index (χ0n) is 34.8. The van der Waals surface area contributed by atoms with Gasteiger partial charge in [0.1, 0.15) is 23.8 Å². The van der Waals surface area contributed by atoms with E-state index in [4.69, 9.17) is 4.74 Å². The number of hydrogen-bond acceptors (Lipinski definition) is 20. The average molecular weight is 913 g/mol. The van der Waals surface area contributed by atoms with Gasteiger partial charge in [0, 0.05) is 26.1 Å². The van der Waals surface area contributed by atoms with Gasteiger partial charge in [-0.3, -0.25) is 53.0 Å². The molecule has 0 spiro atoms. The van der Waals surface area contributed by atoms with Gasteiger partial charge in [0.05, 0.1) is 79.8 Å². The summed E-state index contributed by atoms with van der Waals surface area (Å²) in [5.74, 6) is 0. The number of ether oxygens (including phenoxy) is 1. The molecule has 5 rings (SSSR count). The molecule has 0 aliphatic carbocycles. The van der Waals surface area contributed by atoms with Crippen molar-refractivity contribution in [1.29, 1.82) is 0 Å². The summed E-state index contributed by atoms with van der Waals surface area (Å²) < 4.78 is 64.5. The molecule has 0 saturated carbocycles. The Labute approximate surface area is 354 Å². The molecule has 0 bridgehead atoms. The van der Waals surface area contributed by atoms with Crippen molar-refractivity contribution in [2.45, 2.75) is 77.0 Å². The van der Waals surface area contributed by atoms with Crippen LogP contribution in [-0.2, 0) is 50.9 Å². The monoisotopic (exact) mass is 912 g/mol. The first-order valence-corrected chi connectivity index (χ1v) is 21.9. The van der Waals surface area contributed by atoms with Crippen LogP contribution in [0.4, 0.5) is 22.7 Å². The van der Waals surface area contributed by atoms with E-state index < -0.39 is 40.5 Å². The summed E-state index contributed by atoms with van der Waals surface area (Å²) in [5, 5.41) is 43.4. The Morgan fingerprint density at radius 3 is 1.44 bits per heavy atom. The van der Waals surface area contributed by atoms with Crippen molar-refractivity contribution in [3.63, 3.8) is 0 Å². The Bertz CT molecular complexity index is 1890. The van der Waals surface area contributed by atoms with Gasteiger partial charge in [-0.05, 0) is 77.4 Å². The molecule has 0 unspecified atom stereocenters. The van der Waals surface area contributed by atoms with Crippen LogP contribution in [0.5, 0.6) is 0 Å². The predicted octanol–water partition coefficient (Wildman–Crippen LogP) is 4.19. The van der Waals surface area contributed by atoms with Crippen molar-refractivity contribution in [1.82, 2.24) is 14.9 Å². The van der Waals surface area contributed by atoms with Gasteiger partial charge < -0.3 is 18.7 Å². The third-order valence-electron chi connectivity index (χ3n) is 9.46. The minimum Gasteiger partial charge on any atom is -0.726 e. The molecular weight excluding hydrogens is 857 g/mol. The SMILES string of the molecule is C1CCOC1.COS(=O)(=O)OC.COS(=O)(=O)[O-].C[N+]1(CCCc2ncc([N+](=O)[O-])cc2[N+](=O)[O-])CCCCC1.O=[N+]([O-])c1cnc(CCCN2CCCCC2)c([N+](=O)[O-])c1. The number of rotatable bonds is 15. The lowest BCUT2D eigenvalue weighted by atomic mass is 10.1. The number of piperidine rings is 2. The standard InChI is InChI=1S/C14H21N4O4.C13H18N4O4.C4H8O.C2H6O4S.CH4O4S/c1-18(7-3-2-4-8-18)9-5-6-13-14(17(21)22)10-12(11-15-13)16(19)20;18-16(19)11-9-13(17(20)21)12(14-10-11)5-4-8-15-6-2-1-3-7-15;1-2-4-5-3-1;1-5-7(3,4)6-2;1-5-6(2,3)4/h10-11H,2-9H2,1H3;9-10H,1-8H2;1-4H2;1-2H3;1H3,(H,2,3,4)/q+1;;;;/p-1. The molecule has 2 aromatic heterocycles. The molecule has 27 heteroatoms. The fourth-order valence-corrected chi connectivity index (χ4v) is 6.34. The lowest BCUT2D eigenvalue weighted by Gasteiger charge is -2.37. The average Bonchev–Trinajstić information content (AvgIpc) is 3.83. The molecule has 2 aromatic rings. The van der Waals surface area contributed by atoms with Crippen molar-refractivity contribution in [3.05, 3.63) is 76.4 Å². The zero-order valence-corrected chi connectivity index (χ0v) is 36.4. The van der Waals surface area contributed by atoms with Crippen LogP contribution in [0.15, 0.2) is 24.5 Å². The van der Waals surface area contributed by atoms with Gasteiger partial charge in [-0.2, -0.15) is 8.42 Å². The number of nitrogens with zero attached hydrogens (tertiary/aromatic N) is 8. The molecule has 3 aliphatic rings. The van der Waals surface area contributed by atoms with Crippen molar-refractivity contribution < 1.29 is 62.9 Å². The minimum atomic E-state index is -4.41. The Morgan fingerprint density at radius 2 is 1.10 bits per heavy atom. The van der Waals surface area contributed by atoms with Crippen molar-refractivity contribution in [2.24, 2.45) is 0 Å². The molecule has 5 heterocycles. The normalized spacial score (nSPS) is 16.1. The Balaban J connectivity index is 0.000000436. The highest BCUT2D eigenvalue weighted by Gasteiger charge is 2.26. The lowest BCUT2D eigenvalue weighted by molar-refractivity contribution is -0.914. The van der Waals surface area contributed by atoms with Crippen LogP contribution in [0.1, 0.15) is 75.6 Å². The molecule has 0 aromatic carbocycles. The fraction of sp³-hybridized carbons (Fsp3) is 0.706. The maximum absolute atomic E-state index is 11.1. The molecule has 0 amide bonds. The van der Waals surface area contributed by atoms with Crippen LogP contribution in [0.2, 0.25) is 0 Å². The first-order chi connectivity index (χ1) is 28.7. The topological polar surface area (TPSA) is 330 Å². The van der Waals surface area contributed by atoms with Crippen LogP contribution < -0.4 is 0 Å². The summed E-state index contributed by atoms with van der Waals surface area (Å²) in [6.07, 6.45) is 14.7. The van der Waals surface area contributed by atoms with E-state index in [1.165, 1.54) is 51.4 Å². The first kappa shape index (κ1) is 54.5. The van der Waals surface area contributed by atoms with E-state index in [2.05, 4.69) is 34.5 Å². The predicted molar refractivity (Wildman–Crippen MR) is 216 cm³/mol. The summed E-state index contributed by atoms with van der Waals surface area (Å²) >= 11 is 0. The third-order valence-corrected chi connectivity index (χ3v) is 10.7. The molecule has 0 N–H and O–H groups in total. The van der Waals surface area contributed by atoms with E-state index in [0.29, 0.717) is 24.2 Å². The fourth-order valence-electron chi connectivity index (χ4n) is 6.20. The molecular formula is C34H56N8O17S2. The van der Waals surface area contributed by atoms with Gasteiger partial charge in [0.15, 0.2) is 0 Å². The van der Waals surface area contributed by atoms with Crippen LogP contribution >= 0.6 is 0 Å². The lowest BCUT2D eigenvalue weighted by Crippen LogP contribution is -2.48. The number of hydrogen-bond donors (Lipinski definition) is 0. The summed E-state index contributed by atoms with van der Waals surface area (Å²) in [6.45, 7) is 8.29. The van der Waals surface area contributed by atoms with Gasteiger partial charge in [0.25, 0.3) is 22.7 Å². The smallest absolute Gasteiger partial charge is 0.399 e. The first-order valence-electron chi connectivity index (χ1n) is 19.2. The van der Waals surface area contributed by atoms with E-state index in [-0.39, 0.29) is 22.7 Å². The van der Waals surface area contributed by atoms with Crippen molar-refractivity contribution in [3.8, 4) is 0 Å². The number of aromatic nitrogens is 2. The molecule has 0 atom stereocenters. The second kappa shape index (κ2) is 28.2. The number of likely N-dealkylation sites (tertiary alicyclic amines) is 2. The molecule has 25 nitrogen and oxygen atoms in total. The van der Waals surface area contributed by atoms with Gasteiger partial charge in [-0.1, -0.05) is 6.42 Å². The number of quaternary nitrogens is 1. The van der Waals surface area contributed by atoms with Crippen molar-refractivity contribution >= 4 is 43.5 Å². The molecule has 0 radical (unpaired) electrons. The highest BCUT2D eigenvalue weighted by molar-refractivity contribution is 7.81. The van der Waals surface area contributed by atoms with E-state index in [0.717, 1.165) is 116 Å². The molecule has 346 valence electrons. The van der Waals surface area contributed by atoms with Crippen LogP contribution in [0.3, 0.4) is 0 Å². The van der Waals surface area contributed by atoms with Crippen LogP contribution in [0, 0.1) is 40.5 Å². The van der Waals surface area contributed by atoms with Crippen LogP contribution in [0.25, 0.3) is 0 Å². The summed E-state index contributed by atoms with van der Waals surface area (Å²) in [7, 11) is -2.99. The maximum Gasteiger partial charge on any atom is 0.399 e. The molecule has 3 aliphatic heterocycles. The molecule has 3 fully saturated rings. The Kier molecular flexibility index (Phi) is 25.2. The summed E-state index contributed by atoms with van der Waals surface area (Å²) in [4.78, 5) is 51.1. The summed E-state index contributed by atoms with van der Waals surface area (Å²) in [5.41, 5.74) is -0.549. The Morgan fingerprint density at radius 1 is 0.672 bits per heavy atom.